The van der Waals surface area contributed by atoms with E-state index >= 15 is 0 Å². The molecule has 0 spiro atoms. The molecular weight excluding hydrogens is 332 g/mol. The van der Waals surface area contributed by atoms with Crippen LogP contribution >= 0.6 is 0 Å². The minimum Gasteiger partial charge on any atom is -0.478 e. The highest BCUT2D eigenvalue weighted by molar-refractivity contribution is 5.88. The van der Waals surface area contributed by atoms with E-state index in [2.05, 4.69) is 9.97 Å². The normalized spacial score (nSPS) is 23.4. The second-order valence-corrected chi connectivity index (χ2v) is 6.12. The van der Waals surface area contributed by atoms with Gasteiger partial charge < -0.3 is 15.9 Å². The van der Waals surface area contributed by atoms with Crippen molar-refractivity contribution in [2.75, 3.05) is 5.73 Å². The fourth-order valence-electron chi connectivity index (χ4n) is 3.03. The molecule has 0 amide bonds. The molecule has 6 nitrogen and oxygen atoms in total. The number of aliphatic hydroxyl groups is 1. The standard InChI is InChI=1S/C17H17F2N3O3/c18-11-6-9(1-3-10(11)17(24)25)15-16(20)21-7-13(22-15)8-2-4-14(23)12(19)5-8/h1,3,6-8,12,14,23H,2,4-5H2,(H2,20,21)(H,24,25)/t8-,12-,14+/m0/s1. The predicted octanol–water partition coefficient (Wildman–Crippen LogP) is 2.53. The fourth-order valence-corrected chi connectivity index (χ4v) is 3.03. The third-order valence-corrected chi connectivity index (χ3v) is 4.45. The van der Waals surface area contributed by atoms with Gasteiger partial charge in [-0.05, 0) is 31.4 Å². The van der Waals surface area contributed by atoms with Gasteiger partial charge in [-0.2, -0.15) is 0 Å². The molecule has 3 atom stereocenters. The third kappa shape index (κ3) is 3.43. The number of anilines is 1. The Morgan fingerprint density at radius 2 is 2.08 bits per heavy atom. The minimum atomic E-state index is -1.37. The van der Waals surface area contributed by atoms with Crippen molar-refractivity contribution in [3.8, 4) is 11.3 Å². The molecule has 1 saturated carbocycles. The Hall–Kier alpha value is -2.61. The molecule has 25 heavy (non-hydrogen) atoms. The van der Waals surface area contributed by atoms with Crippen LogP contribution in [0.15, 0.2) is 24.4 Å². The number of aromatic carboxylic acids is 1. The molecule has 0 unspecified atom stereocenters. The number of aliphatic hydroxyl groups excluding tert-OH is 1. The Kier molecular flexibility index (Phi) is 4.63. The van der Waals surface area contributed by atoms with Crippen LogP contribution in [0, 0.1) is 5.82 Å². The van der Waals surface area contributed by atoms with Crippen LogP contribution in [0.2, 0.25) is 0 Å². The van der Waals surface area contributed by atoms with Gasteiger partial charge in [-0.3, -0.25) is 0 Å². The maximum atomic E-state index is 13.9. The van der Waals surface area contributed by atoms with E-state index < -0.39 is 29.6 Å². The largest absolute Gasteiger partial charge is 0.478 e. The van der Waals surface area contributed by atoms with Gasteiger partial charge in [0, 0.05) is 11.5 Å². The first-order valence-corrected chi connectivity index (χ1v) is 7.84. The van der Waals surface area contributed by atoms with Crippen molar-refractivity contribution in [1.82, 2.24) is 9.97 Å². The molecule has 0 aliphatic heterocycles. The number of benzene rings is 1. The first kappa shape index (κ1) is 17.2. The van der Waals surface area contributed by atoms with Crippen molar-refractivity contribution in [2.45, 2.75) is 37.5 Å². The van der Waals surface area contributed by atoms with Crippen molar-refractivity contribution < 1.29 is 23.8 Å². The number of nitrogens with two attached hydrogens (primary N) is 1. The molecule has 3 rings (SSSR count). The number of rotatable bonds is 3. The summed E-state index contributed by atoms with van der Waals surface area (Å²) in [5.74, 6) is -2.42. The summed E-state index contributed by atoms with van der Waals surface area (Å²) in [5.41, 5.74) is 6.40. The molecule has 1 aromatic heterocycles. The van der Waals surface area contributed by atoms with Gasteiger partial charge in [-0.1, -0.05) is 6.07 Å². The van der Waals surface area contributed by atoms with Crippen LogP contribution in [0.25, 0.3) is 11.3 Å². The van der Waals surface area contributed by atoms with Crippen LogP contribution in [0.4, 0.5) is 14.6 Å². The number of carboxylic acids is 1. The number of alkyl halides is 1. The molecule has 0 radical (unpaired) electrons. The highest BCUT2D eigenvalue weighted by Gasteiger charge is 2.31. The highest BCUT2D eigenvalue weighted by Crippen LogP contribution is 2.35. The van der Waals surface area contributed by atoms with Gasteiger partial charge >= 0.3 is 5.97 Å². The van der Waals surface area contributed by atoms with E-state index in [0.717, 1.165) is 12.1 Å². The first-order valence-electron chi connectivity index (χ1n) is 7.84. The lowest BCUT2D eigenvalue weighted by Gasteiger charge is -2.28. The number of carbonyl (C=O) groups is 1. The summed E-state index contributed by atoms with van der Waals surface area (Å²) < 4.78 is 27.7. The van der Waals surface area contributed by atoms with E-state index in [1.165, 1.54) is 12.3 Å². The Morgan fingerprint density at radius 3 is 2.72 bits per heavy atom. The maximum absolute atomic E-state index is 13.9. The lowest BCUT2D eigenvalue weighted by Crippen LogP contribution is -2.30. The summed E-state index contributed by atoms with van der Waals surface area (Å²) in [7, 11) is 0. The number of nitrogens with zero attached hydrogens (tertiary/aromatic N) is 2. The summed E-state index contributed by atoms with van der Waals surface area (Å²) in [6.45, 7) is 0. The number of halogens is 2. The van der Waals surface area contributed by atoms with Gasteiger partial charge in [0.25, 0.3) is 0 Å². The Bertz CT molecular complexity index is 816. The summed E-state index contributed by atoms with van der Waals surface area (Å²) in [5, 5.41) is 18.4. The molecule has 1 aromatic carbocycles. The highest BCUT2D eigenvalue weighted by atomic mass is 19.1. The number of hydrogen-bond donors (Lipinski definition) is 3. The average molecular weight is 349 g/mol. The molecule has 8 heteroatoms. The quantitative estimate of drug-likeness (QED) is 0.785. The third-order valence-electron chi connectivity index (χ3n) is 4.45. The first-order chi connectivity index (χ1) is 11.9. The van der Waals surface area contributed by atoms with E-state index in [1.54, 1.807) is 0 Å². The van der Waals surface area contributed by atoms with Gasteiger partial charge in [0.05, 0.1) is 23.6 Å². The SMILES string of the molecule is Nc1ncc([C@H]2CC[C@@H](O)[C@@H](F)C2)nc1-c1ccc(C(=O)O)c(F)c1. The number of carboxylic acid groups (broad SMARTS) is 1. The van der Waals surface area contributed by atoms with Crippen molar-refractivity contribution in [3.63, 3.8) is 0 Å². The smallest absolute Gasteiger partial charge is 0.338 e. The van der Waals surface area contributed by atoms with E-state index in [9.17, 15) is 18.7 Å². The van der Waals surface area contributed by atoms with E-state index in [0.29, 0.717) is 24.1 Å². The molecule has 132 valence electrons. The molecule has 1 fully saturated rings. The molecule has 2 aromatic rings. The topological polar surface area (TPSA) is 109 Å². The summed E-state index contributed by atoms with van der Waals surface area (Å²) in [6, 6.07) is 3.57. The number of nitrogen functional groups attached to an aromatic ring is 1. The van der Waals surface area contributed by atoms with Crippen LogP contribution in [-0.4, -0.2) is 38.4 Å². The summed E-state index contributed by atoms with van der Waals surface area (Å²) in [4.78, 5) is 19.4. The average Bonchev–Trinajstić information content (AvgIpc) is 2.57. The molecule has 0 saturated heterocycles. The second-order valence-electron chi connectivity index (χ2n) is 6.12. The van der Waals surface area contributed by atoms with Crippen molar-refractivity contribution in [2.24, 2.45) is 0 Å². The van der Waals surface area contributed by atoms with Crippen LogP contribution < -0.4 is 5.73 Å². The fraction of sp³-hybridized carbons (Fsp3) is 0.353. The maximum Gasteiger partial charge on any atom is 0.338 e. The molecular formula is C17H17F2N3O3. The van der Waals surface area contributed by atoms with Gasteiger partial charge in [0.1, 0.15) is 23.5 Å². The molecule has 0 bridgehead atoms. The predicted molar refractivity (Wildman–Crippen MR) is 86.3 cm³/mol. The van der Waals surface area contributed by atoms with Gasteiger partial charge in [0.15, 0.2) is 0 Å². The van der Waals surface area contributed by atoms with E-state index in [-0.39, 0.29) is 23.9 Å². The van der Waals surface area contributed by atoms with Crippen LogP contribution in [0.1, 0.15) is 41.2 Å². The second kappa shape index (κ2) is 6.72. The van der Waals surface area contributed by atoms with Crippen molar-refractivity contribution in [1.29, 1.82) is 0 Å². The lowest BCUT2D eigenvalue weighted by molar-refractivity contribution is 0.0363. The summed E-state index contributed by atoms with van der Waals surface area (Å²) in [6.07, 6.45) is 0.187. The van der Waals surface area contributed by atoms with Crippen molar-refractivity contribution in [3.05, 3.63) is 41.5 Å². The van der Waals surface area contributed by atoms with Crippen LogP contribution in [0.5, 0.6) is 0 Å². The molecule has 4 N–H and O–H groups in total. The van der Waals surface area contributed by atoms with Gasteiger partial charge in [0.2, 0.25) is 0 Å². The van der Waals surface area contributed by atoms with Crippen molar-refractivity contribution >= 4 is 11.8 Å². The Balaban J connectivity index is 1.95. The Labute approximate surface area is 142 Å². The summed E-state index contributed by atoms with van der Waals surface area (Å²) >= 11 is 0. The van der Waals surface area contributed by atoms with Gasteiger partial charge in [-0.25, -0.2) is 23.5 Å². The number of aromatic nitrogens is 2. The van der Waals surface area contributed by atoms with Crippen LogP contribution in [-0.2, 0) is 0 Å². The molecule has 1 heterocycles. The minimum absolute atomic E-state index is 0.0684. The molecule has 1 aliphatic carbocycles. The van der Waals surface area contributed by atoms with Crippen LogP contribution in [0.3, 0.4) is 0 Å². The molecule has 1 aliphatic rings. The zero-order valence-corrected chi connectivity index (χ0v) is 13.2. The van der Waals surface area contributed by atoms with E-state index in [4.69, 9.17) is 10.8 Å². The zero-order valence-electron chi connectivity index (χ0n) is 13.2. The van der Waals surface area contributed by atoms with Gasteiger partial charge in [-0.15, -0.1) is 0 Å². The number of hydrogen-bond acceptors (Lipinski definition) is 5. The lowest BCUT2D eigenvalue weighted by atomic mass is 9.84. The Morgan fingerprint density at radius 1 is 1.32 bits per heavy atom. The zero-order chi connectivity index (χ0) is 18.1. The monoisotopic (exact) mass is 349 g/mol. The van der Waals surface area contributed by atoms with E-state index in [1.807, 2.05) is 0 Å².